The van der Waals surface area contributed by atoms with Crippen molar-refractivity contribution >= 4 is 11.8 Å². The average molecular weight is 434 g/mol. The largest absolute Gasteiger partial charge is 0.454 e. The molecule has 1 spiro atoms. The molecule has 1 saturated carbocycles. The van der Waals surface area contributed by atoms with E-state index in [-0.39, 0.29) is 43.1 Å². The van der Waals surface area contributed by atoms with Gasteiger partial charge in [0.2, 0.25) is 12.7 Å². The molecule has 3 fully saturated rings. The number of ether oxygens (including phenoxy) is 2. The van der Waals surface area contributed by atoms with Crippen molar-refractivity contribution in [3.05, 3.63) is 59.7 Å². The van der Waals surface area contributed by atoms with Crippen molar-refractivity contribution in [1.82, 2.24) is 9.80 Å². The molecule has 2 saturated heterocycles. The molecule has 0 aromatic heterocycles. The Morgan fingerprint density at radius 2 is 1.78 bits per heavy atom. The summed E-state index contributed by atoms with van der Waals surface area (Å²) in [4.78, 5) is 30.2. The summed E-state index contributed by atoms with van der Waals surface area (Å²) in [6.45, 7) is 1.03. The second-order valence-electron chi connectivity index (χ2n) is 9.31. The molecule has 6 rings (SSSR count). The monoisotopic (exact) mass is 434 g/mol. The first-order chi connectivity index (χ1) is 15.6. The van der Waals surface area contributed by atoms with Crippen LogP contribution in [0.5, 0.6) is 11.5 Å². The Hall–Kier alpha value is -3.06. The third kappa shape index (κ3) is 2.70. The minimum atomic E-state index is -0.451. The Morgan fingerprint density at radius 3 is 2.47 bits per heavy atom. The van der Waals surface area contributed by atoms with Crippen LogP contribution < -0.4 is 9.47 Å². The minimum Gasteiger partial charge on any atom is -0.454 e. The molecule has 3 heterocycles. The van der Waals surface area contributed by atoms with Crippen LogP contribution in [0.4, 0.5) is 0 Å². The van der Waals surface area contributed by atoms with E-state index in [4.69, 9.17) is 9.47 Å². The van der Waals surface area contributed by atoms with Gasteiger partial charge in [0, 0.05) is 30.5 Å². The molecule has 2 aromatic rings. The molecule has 32 heavy (non-hydrogen) atoms. The Bertz CT molecular complexity index is 1060. The molecule has 7 nitrogen and oxygen atoms in total. The molecular weight excluding hydrogens is 408 g/mol. The smallest absolute Gasteiger partial charge is 0.254 e. The normalized spacial score (nSPS) is 25.2. The summed E-state index contributed by atoms with van der Waals surface area (Å²) in [6, 6.07) is 15.1. The van der Waals surface area contributed by atoms with Gasteiger partial charge in [-0.05, 0) is 36.6 Å². The van der Waals surface area contributed by atoms with E-state index < -0.39 is 5.54 Å². The van der Waals surface area contributed by atoms with E-state index in [1.54, 1.807) is 23.1 Å². The number of amides is 2. The van der Waals surface area contributed by atoms with Gasteiger partial charge in [0.05, 0.1) is 18.2 Å². The molecule has 2 aromatic carbocycles. The van der Waals surface area contributed by atoms with Gasteiger partial charge >= 0.3 is 0 Å². The van der Waals surface area contributed by atoms with E-state index >= 15 is 0 Å². The highest BCUT2D eigenvalue weighted by atomic mass is 16.7. The van der Waals surface area contributed by atoms with Crippen molar-refractivity contribution < 1.29 is 24.2 Å². The van der Waals surface area contributed by atoms with Crippen LogP contribution in [-0.4, -0.2) is 64.8 Å². The molecule has 0 unspecified atom stereocenters. The van der Waals surface area contributed by atoms with E-state index in [0.29, 0.717) is 30.2 Å². The van der Waals surface area contributed by atoms with Crippen LogP contribution in [0.15, 0.2) is 48.5 Å². The molecule has 2 amide bonds. The molecule has 3 aliphatic heterocycles. The quantitative estimate of drug-likeness (QED) is 0.800. The van der Waals surface area contributed by atoms with Gasteiger partial charge in [-0.2, -0.15) is 0 Å². The SMILES string of the molecule is O=C(c1ccc2c(c1)OCO2)N1CC2(C1)[C@H](c1ccccc1)[C@H](CO)N2C(=O)C1CCC1. The number of benzene rings is 2. The van der Waals surface area contributed by atoms with Gasteiger partial charge in [-0.25, -0.2) is 0 Å². The number of nitrogens with zero attached hydrogens (tertiary/aromatic N) is 2. The van der Waals surface area contributed by atoms with Crippen LogP contribution in [0, 0.1) is 5.92 Å². The van der Waals surface area contributed by atoms with Crippen molar-refractivity contribution in [2.45, 2.75) is 36.8 Å². The highest BCUT2D eigenvalue weighted by Crippen LogP contribution is 2.55. The topological polar surface area (TPSA) is 79.3 Å². The number of rotatable bonds is 4. The van der Waals surface area contributed by atoms with Crippen molar-refractivity contribution in [3.8, 4) is 11.5 Å². The van der Waals surface area contributed by atoms with Gasteiger partial charge in [0.25, 0.3) is 5.91 Å². The summed E-state index contributed by atoms with van der Waals surface area (Å²) < 4.78 is 10.8. The Morgan fingerprint density at radius 1 is 1.03 bits per heavy atom. The Balaban J connectivity index is 1.28. The van der Waals surface area contributed by atoms with E-state index in [9.17, 15) is 14.7 Å². The van der Waals surface area contributed by atoms with E-state index in [0.717, 1.165) is 24.8 Å². The molecule has 7 heteroatoms. The van der Waals surface area contributed by atoms with Gasteiger partial charge in [-0.15, -0.1) is 0 Å². The fourth-order valence-corrected chi connectivity index (χ4v) is 5.84. The lowest BCUT2D eigenvalue weighted by Crippen LogP contribution is -2.86. The summed E-state index contributed by atoms with van der Waals surface area (Å²) in [5, 5.41) is 10.2. The van der Waals surface area contributed by atoms with Gasteiger partial charge < -0.3 is 24.4 Å². The Labute approximate surface area is 186 Å². The van der Waals surface area contributed by atoms with E-state index in [2.05, 4.69) is 12.1 Å². The second kappa shape index (κ2) is 7.24. The van der Waals surface area contributed by atoms with Crippen LogP contribution >= 0.6 is 0 Å². The zero-order valence-electron chi connectivity index (χ0n) is 17.8. The second-order valence-corrected chi connectivity index (χ2v) is 9.31. The number of aliphatic hydroxyl groups excluding tert-OH is 1. The number of fused-ring (bicyclic) bond motifs is 1. The lowest BCUT2D eigenvalue weighted by molar-refractivity contribution is -0.199. The average Bonchev–Trinajstić information content (AvgIpc) is 3.19. The van der Waals surface area contributed by atoms with Gasteiger partial charge in [-0.1, -0.05) is 36.8 Å². The predicted octanol–water partition coefficient (Wildman–Crippen LogP) is 2.40. The molecular formula is C25H26N2O5. The van der Waals surface area contributed by atoms with Crippen LogP contribution in [0.3, 0.4) is 0 Å². The molecule has 0 radical (unpaired) electrons. The molecule has 0 bridgehead atoms. The fraction of sp³-hybridized carbons (Fsp3) is 0.440. The highest BCUT2D eigenvalue weighted by Gasteiger charge is 2.68. The maximum Gasteiger partial charge on any atom is 0.254 e. The Kier molecular flexibility index (Phi) is 4.43. The summed E-state index contributed by atoms with van der Waals surface area (Å²) in [5.74, 6) is 1.35. The van der Waals surface area contributed by atoms with Gasteiger partial charge in [0.1, 0.15) is 0 Å². The van der Waals surface area contributed by atoms with Crippen molar-refractivity contribution in [2.24, 2.45) is 5.92 Å². The van der Waals surface area contributed by atoms with E-state index in [1.807, 2.05) is 23.1 Å². The van der Waals surface area contributed by atoms with Crippen molar-refractivity contribution in [2.75, 3.05) is 26.5 Å². The maximum absolute atomic E-state index is 13.3. The van der Waals surface area contributed by atoms with Gasteiger partial charge in [-0.3, -0.25) is 9.59 Å². The van der Waals surface area contributed by atoms with Crippen LogP contribution in [0.2, 0.25) is 0 Å². The number of carbonyl (C=O) groups excluding carboxylic acids is 2. The highest BCUT2D eigenvalue weighted by molar-refractivity contribution is 5.96. The van der Waals surface area contributed by atoms with Crippen LogP contribution in [-0.2, 0) is 4.79 Å². The zero-order valence-corrected chi connectivity index (χ0v) is 17.8. The number of carbonyl (C=O) groups is 2. The standard InChI is InChI=1S/C25H26N2O5/c28-12-19-22(16-5-2-1-3-6-16)25(27(19)24(30)17-7-4-8-17)13-26(14-25)23(29)18-9-10-20-21(11-18)32-15-31-20/h1-3,5-6,9-11,17,19,22,28H,4,7-8,12-15H2/t19-,22+/m0/s1. The zero-order chi connectivity index (χ0) is 21.9. The predicted molar refractivity (Wildman–Crippen MR) is 115 cm³/mol. The summed E-state index contributed by atoms with van der Waals surface area (Å²) in [7, 11) is 0. The molecule has 1 aliphatic carbocycles. The number of aliphatic hydroxyl groups is 1. The lowest BCUT2D eigenvalue weighted by Gasteiger charge is -2.71. The molecule has 2 atom stereocenters. The molecule has 166 valence electrons. The number of hydrogen-bond donors (Lipinski definition) is 1. The minimum absolute atomic E-state index is 0.0125. The lowest BCUT2D eigenvalue weighted by atomic mass is 9.59. The first kappa shape index (κ1) is 19.6. The third-order valence-electron chi connectivity index (χ3n) is 7.65. The van der Waals surface area contributed by atoms with E-state index in [1.165, 1.54) is 0 Å². The summed E-state index contributed by atoms with van der Waals surface area (Å²) in [6.07, 6.45) is 2.91. The van der Waals surface area contributed by atoms with Crippen LogP contribution in [0.25, 0.3) is 0 Å². The van der Waals surface area contributed by atoms with Crippen molar-refractivity contribution in [1.29, 1.82) is 0 Å². The first-order valence-electron chi connectivity index (χ1n) is 11.3. The number of likely N-dealkylation sites (tertiary alicyclic amines) is 2. The first-order valence-corrected chi connectivity index (χ1v) is 11.3. The number of hydrogen-bond acceptors (Lipinski definition) is 5. The summed E-state index contributed by atoms with van der Waals surface area (Å²) >= 11 is 0. The van der Waals surface area contributed by atoms with Gasteiger partial charge in [0.15, 0.2) is 11.5 Å². The van der Waals surface area contributed by atoms with Crippen molar-refractivity contribution in [3.63, 3.8) is 0 Å². The maximum atomic E-state index is 13.3. The molecule has 1 N–H and O–H groups in total. The molecule has 4 aliphatic rings. The fourth-order valence-electron chi connectivity index (χ4n) is 5.84. The van der Waals surface area contributed by atoms with Crippen LogP contribution in [0.1, 0.15) is 41.1 Å². The summed E-state index contributed by atoms with van der Waals surface area (Å²) in [5.41, 5.74) is 1.21. The third-order valence-corrected chi connectivity index (χ3v) is 7.65.